The summed E-state index contributed by atoms with van der Waals surface area (Å²) in [6.07, 6.45) is 1.68. The highest BCUT2D eigenvalue weighted by atomic mass is 32.2. The van der Waals surface area contributed by atoms with Gasteiger partial charge in [0.25, 0.3) is 0 Å². The molecule has 0 atom stereocenters. The number of hydrogen-bond donors (Lipinski definition) is 3. The lowest BCUT2D eigenvalue weighted by Crippen LogP contribution is -2.12. The van der Waals surface area contributed by atoms with Gasteiger partial charge < -0.3 is 25.4 Å². The van der Waals surface area contributed by atoms with Crippen molar-refractivity contribution in [3.63, 3.8) is 0 Å². The Labute approximate surface area is 178 Å². The maximum Gasteiger partial charge on any atom is 0.344 e. The second-order valence-corrected chi connectivity index (χ2v) is 7.20. The zero-order valence-electron chi connectivity index (χ0n) is 16.4. The molecule has 0 bridgehead atoms. The molecular weight excluding hydrogens is 404 g/mol. The molecule has 0 fully saturated rings. The molecule has 3 rings (SSSR count). The number of para-hydroxylation sites is 1. The minimum atomic E-state index is -0.641. The van der Waals surface area contributed by atoms with E-state index in [-0.39, 0.29) is 36.0 Å². The van der Waals surface area contributed by atoms with Crippen LogP contribution >= 0.6 is 11.8 Å². The molecule has 0 spiro atoms. The highest BCUT2D eigenvalue weighted by Crippen LogP contribution is 2.40. The molecule has 4 N–H and O–H groups in total. The summed E-state index contributed by atoms with van der Waals surface area (Å²) in [5.41, 5.74) is 6.78. The van der Waals surface area contributed by atoms with Gasteiger partial charge in [-0.15, -0.1) is 0 Å². The van der Waals surface area contributed by atoms with E-state index in [1.807, 2.05) is 18.2 Å². The van der Waals surface area contributed by atoms with Crippen LogP contribution in [0.1, 0.15) is 12.5 Å². The Bertz CT molecular complexity index is 1020. The van der Waals surface area contributed by atoms with Crippen molar-refractivity contribution in [2.75, 3.05) is 19.8 Å². The van der Waals surface area contributed by atoms with E-state index < -0.39 is 5.97 Å². The second-order valence-electron chi connectivity index (χ2n) is 6.17. The van der Waals surface area contributed by atoms with Crippen LogP contribution in [-0.4, -0.2) is 41.0 Å². The Hall–Kier alpha value is -3.23. The van der Waals surface area contributed by atoms with E-state index in [0.29, 0.717) is 27.7 Å². The zero-order chi connectivity index (χ0) is 21.5. The predicted octanol–water partition coefficient (Wildman–Crippen LogP) is 3.92. The van der Waals surface area contributed by atoms with Crippen LogP contribution in [0.4, 0.5) is 5.69 Å². The van der Waals surface area contributed by atoms with Crippen molar-refractivity contribution in [1.29, 1.82) is 0 Å². The van der Waals surface area contributed by atoms with E-state index in [9.17, 15) is 15.0 Å². The summed E-state index contributed by atoms with van der Waals surface area (Å²) in [4.78, 5) is 17.4. The van der Waals surface area contributed by atoms with Crippen molar-refractivity contribution in [2.24, 2.45) is 10.7 Å². The zero-order valence-corrected chi connectivity index (χ0v) is 17.2. The number of hydrogen-bond acceptors (Lipinski definition) is 8. The lowest BCUT2D eigenvalue weighted by atomic mass is 10.1. The number of carbonyl (C=O) groups excluding carboxylic acids is 1. The molecule has 0 unspecified atom stereocenters. The molecule has 0 aromatic heterocycles. The van der Waals surface area contributed by atoms with Crippen molar-refractivity contribution >= 4 is 34.5 Å². The first-order valence-corrected chi connectivity index (χ1v) is 10.2. The molecule has 1 aliphatic rings. The van der Waals surface area contributed by atoms with E-state index >= 15 is 0 Å². The highest BCUT2D eigenvalue weighted by Gasteiger charge is 2.33. The summed E-state index contributed by atoms with van der Waals surface area (Å²) in [5, 5.41) is 21.0. The predicted molar refractivity (Wildman–Crippen MR) is 118 cm³/mol. The summed E-state index contributed by atoms with van der Waals surface area (Å²) >= 11 is 1.16. The molecule has 1 heterocycles. The molecule has 0 amide bonds. The molecule has 0 saturated carbocycles. The number of aliphatic hydroxyl groups is 1. The van der Waals surface area contributed by atoms with Gasteiger partial charge in [0.15, 0.2) is 11.5 Å². The van der Waals surface area contributed by atoms with Gasteiger partial charge in [0, 0.05) is 6.54 Å². The van der Waals surface area contributed by atoms with E-state index in [1.54, 1.807) is 37.3 Å². The van der Waals surface area contributed by atoms with Crippen LogP contribution in [0, 0.1) is 0 Å². The first kappa shape index (κ1) is 21.5. The number of thioether (sulfide) groups is 1. The number of rotatable bonds is 7. The summed E-state index contributed by atoms with van der Waals surface area (Å²) in [6.45, 7) is 2.44. The molecule has 7 nitrogen and oxygen atoms in total. The Kier molecular flexibility index (Phi) is 7.16. The number of phenols is 1. The van der Waals surface area contributed by atoms with Crippen molar-refractivity contribution in [3.05, 3.63) is 70.3 Å². The highest BCUT2D eigenvalue weighted by molar-refractivity contribution is 8.18. The number of benzene rings is 2. The number of esters is 1. The Morgan fingerprint density at radius 2 is 1.97 bits per heavy atom. The van der Waals surface area contributed by atoms with E-state index in [4.69, 9.17) is 15.2 Å². The largest absolute Gasteiger partial charge is 0.506 e. The third-order valence-electron chi connectivity index (χ3n) is 4.01. The third kappa shape index (κ3) is 5.03. The normalized spacial score (nSPS) is 16.3. The first-order chi connectivity index (χ1) is 14.5. The minimum absolute atomic E-state index is 0.0111. The van der Waals surface area contributed by atoms with Crippen molar-refractivity contribution in [2.45, 2.75) is 6.92 Å². The van der Waals surface area contributed by atoms with Gasteiger partial charge in [0.2, 0.25) is 0 Å². The van der Waals surface area contributed by atoms with E-state index in [1.165, 1.54) is 6.07 Å². The summed E-state index contributed by atoms with van der Waals surface area (Å²) in [7, 11) is 0. The van der Waals surface area contributed by atoms with Gasteiger partial charge in [-0.2, -0.15) is 0 Å². The maximum absolute atomic E-state index is 12.4. The number of nitrogens with two attached hydrogens (primary N) is 1. The van der Waals surface area contributed by atoms with Crippen LogP contribution in [0.3, 0.4) is 0 Å². The number of aliphatic hydroxyl groups excluding tert-OH is 1. The molecule has 0 radical (unpaired) electrons. The summed E-state index contributed by atoms with van der Waals surface area (Å²) < 4.78 is 10.5. The summed E-state index contributed by atoms with van der Waals surface area (Å²) in [6, 6.07) is 13.9. The fraction of sp³-hybridized carbons (Fsp3) is 0.182. The molecule has 8 heteroatoms. The smallest absolute Gasteiger partial charge is 0.344 e. The van der Waals surface area contributed by atoms with Gasteiger partial charge in [0.05, 0.1) is 17.2 Å². The quantitative estimate of drug-likeness (QED) is 0.575. The average Bonchev–Trinajstić information content (AvgIpc) is 3.04. The molecule has 0 aliphatic carbocycles. The first-order valence-electron chi connectivity index (χ1n) is 9.33. The maximum atomic E-state index is 12.4. The molecule has 2 aromatic carbocycles. The van der Waals surface area contributed by atoms with Crippen molar-refractivity contribution in [3.8, 4) is 11.5 Å². The van der Waals surface area contributed by atoms with E-state index in [2.05, 4.69) is 4.99 Å². The van der Waals surface area contributed by atoms with Crippen LogP contribution in [0.5, 0.6) is 11.5 Å². The van der Waals surface area contributed by atoms with Crippen LogP contribution in [0.15, 0.2) is 69.8 Å². The summed E-state index contributed by atoms with van der Waals surface area (Å²) in [5.74, 6) is -0.572. The van der Waals surface area contributed by atoms with Gasteiger partial charge in [-0.1, -0.05) is 36.0 Å². The Balaban J connectivity index is 1.99. The topological polar surface area (TPSA) is 114 Å². The number of aromatic hydroxyl groups is 1. The van der Waals surface area contributed by atoms with Crippen LogP contribution in [0.2, 0.25) is 0 Å². The molecule has 30 heavy (non-hydrogen) atoms. The van der Waals surface area contributed by atoms with Crippen LogP contribution in [-0.2, 0) is 9.53 Å². The lowest BCUT2D eigenvalue weighted by molar-refractivity contribution is -0.138. The van der Waals surface area contributed by atoms with Gasteiger partial charge in [-0.05, 0) is 42.8 Å². The van der Waals surface area contributed by atoms with Crippen LogP contribution in [0.25, 0.3) is 6.08 Å². The SMILES string of the molecule is CCOC(=O)C1=C(O)/C(=C/c2ccc(O)c(OCCN)c2)SC1=Nc1ccccc1. The fourth-order valence-electron chi connectivity index (χ4n) is 2.67. The molecule has 156 valence electrons. The lowest BCUT2D eigenvalue weighted by Gasteiger charge is -2.08. The number of phenolic OH excluding ortho intramolecular Hbond substituents is 1. The van der Waals surface area contributed by atoms with Gasteiger partial charge in [-0.3, -0.25) is 0 Å². The number of ether oxygens (including phenoxy) is 2. The second kappa shape index (κ2) is 10.00. The van der Waals surface area contributed by atoms with Crippen molar-refractivity contribution < 1.29 is 24.5 Å². The molecule has 0 saturated heterocycles. The monoisotopic (exact) mass is 426 g/mol. The standard InChI is InChI=1S/C22H22N2O5S/c1-2-28-22(27)19-20(26)18(30-21(19)24-15-6-4-3-5-7-15)13-14-8-9-16(25)17(12-14)29-11-10-23/h3-9,12-13,25-26H,2,10-11,23H2,1H3/b18-13-,24-21?. The van der Waals surface area contributed by atoms with Gasteiger partial charge in [-0.25, -0.2) is 9.79 Å². The Morgan fingerprint density at radius 1 is 1.20 bits per heavy atom. The van der Waals surface area contributed by atoms with Gasteiger partial charge in [0.1, 0.15) is 23.0 Å². The average molecular weight is 426 g/mol. The van der Waals surface area contributed by atoms with Crippen LogP contribution < -0.4 is 10.5 Å². The fourth-order valence-corrected chi connectivity index (χ4v) is 3.70. The third-order valence-corrected chi connectivity index (χ3v) is 5.03. The van der Waals surface area contributed by atoms with Gasteiger partial charge >= 0.3 is 5.97 Å². The molecule has 2 aromatic rings. The van der Waals surface area contributed by atoms with Crippen molar-refractivity contribution in [1.82, 2.24) is 0 Å². The molecule has 1 aliphatic heterocycles. The number of aliphatic imine (C=N–C) groups is 1. The number of nitrogens with zero attached hydrogens (tertiary/aromatic N) is 1. The Morgan fingerprint density at radius 3 is 2.67 bits per heavy atom. The number of carbonyl (C=O) groups is 1. The molecular formula is C22H22N2O5S. The minimum Gasteiger partial charge on any atom is -0.506 e. The van der Waals surface area contributed by atoms with E-state index in [0.717, 1.165) is 11.8 Å².